The van der Waals surface area contributed by atoms with Gasteiger partial charge >= 0.3 is 5.97 Å². The number of hydrogen-bond acceptors (Lipinski definition) is 5. The molecule has 0 saturated heterocycles. The number of esters is 1. The van der Waals surface area contributed by atoms with E-state index in [4.69, 9.17) is 9.47 Å². The molecule has 3 rings (SSSR count). The van der Waals surface area contributed by atoms with E-state index in [1.54, 1.807) is 12.1 Å². The van der Waals surface area contributed by atoms with E-state index in [9.17, 15) is 14.0 Å². The Morgan fingerprint density at radius 3 is 2.43 bits per heavy atom. The van der Waals surface area contributed by atoms with Gasteiger partial charge in [0.2, 0.25) is 0 Å². The van der Waals surface area contributed by atoms with Gasteiger partial charge in [0, 0.05) is 10.4 Å². The van der Waals surface area contributed by atoms with Gasteiger partial charge in [0.1, 0.15) is 22.1 Å². The van der Waals surface area contributed by atoms with Crippen LogP contribution in [0.15, 0.2) is 42.5 Å². The van der Waals surface area contributed by atoms with E-state index in [1.165, 1.54) is 30.6 Å². The van der Waals surface area contributed by atoms with Crippen molar-refractivity contribution in [3.05, 3.63) is 69.8 Å². The highest BCUT2D eigenvalue weighted by atomic mass is 32.1. The Kier molecular flexibility index (Phi) is 6.52. The number of ether oxygens (including phenoxy) is 2. The number of carbonyl (C=O) groups excluding carboxylic acids is 2. The van der Waals surface area contributed by atoms with Crippen molar-refractivity contribution < 1.29 is 23.5 Å². The first-order valence-electron chi connectivity index (χ1n) is 9.27. The van der Waals surface area contributed by atoms with Crippen LogP contribution in [0, 0.1) is 26.6 Å². The first-order valence-corrected chi connectivity index (χ1v) is 10.1. The summed E-state index contributed by atoms with van der Waals surface area (Å²) in [6.45, 7) is 5.48. The standard InChI is InChI=1S/C23H22FNO4S/c1-13-5-6-14(2)18(11-13)29-12-19(26)25-22-21(23(27)28-4)20(15(3)30-22)16-7-9-17(24)10-8-16/h5-11H,12H2,1-4H3,(H,25,26). The normalized spacial score (nSPS) is 10.6. The Morgan fingerprint density at radius 1 is 1.07 bits per heavy atom. The van der Waals surface area contributed by atoms with Crippen molar-refractivity contribution in [2.24, 2.45) is 0 Å². The lowest BCUT2D eigenvalue weighted by molar-refractivity contribution is -0.118. The molecule has 0 unspecified atom stereocenters. The number of anilines is 1. The molecule has 0 aliphatic rings. The van der Waals surface area contributed by atoms with E-state index in [-0.39, 0.29) is 18.0 Å². The van der Waals surface area contributed by atoms with Crippen molar-refractivity contribution in [3.63, 3.8) is 0 Å². The summed E-state index contributed by atoms with van der Waals surface area (Å²) in [6.07, 6.45) is 0. The molecule has 0 saturated carbocycles. The summed E-state index contributed by atoms with van der Waals surface area (Å²) in [4.78, 5) is 25.8. The molecule has 1 amide bonds. The minimum absolute atomic E-state index is 0.201. The molecule has 0 fully saturated rings. The molecule has 1 heterocycles. The van der Waals surface area contributed by atoms with Crippen molar-refractivity contribution in [1.29, 1.82) is 0 Å². The highest BCUT2D eigenvalue weighted by molar-refractivity contribution is 7.17. The predicted molar refractivity (Wildman–Crippen MR) is 116 cm³/mol. The maximum atomic E-state index is 13.3. The third-order valence-electron chi connectivity index (χ3n) is 4.56. The van der Waals surface area contributed by atoms with Gasteiger partial charge in [-0.1, -0.05) is 24.3 Å². The van der Waals surface area contributed by atoms with Crippen LogP contribution in [-0.2, 0) is 9.53 Å². The van der Waals surface area contributed by atoms with Crippen molar-refractivity contribution >= 4 is 28.2 Å². The molecule has 7 heteroatoms. The topological polar surface area (TPSA) is 64.6 Å². The Morgan fingerprint density at radius 2 is 1.77 bits per heavy atom. The molecule has 1 N–H and O–H groups in total. The Bertz CT molecular complexity index is 1090. The van der Waals surface area contributed by atoms with Gasteiger partial charge in [-0.25, -0.2) is 9.18 Å². The van der Waals surface area contributed by atoms with Crippen molar-refractivity contribution in [2.75, 3.05) is 19.0 Å². The molecule has 0 radical (unpaired) electrons. The minimum Gasteiger partial charge on any atom is -0.483 e. The molecule has 1 aromatic heterocycles. The van der Waals surface area contributed by atoms with Crippen molar-refractivity contribution in [1.82, 2.24) is 0 Å². The van der Waals surface area contributed by atoms with Crippen LogP contribution < -0.4 is 10.1 Å². The summed E-state index contributed by atoms with van der Waals surface area (Å²) in [7, 11) is 1.28. The highest BCUT2D eigenvalue weighted by Gasteiger charge is 2.25. The molecule has 30 heavy (non-hydrogen) atoms. The van der Waals surface area contributed by atoms with E-state index in [2.05, 4.69) is 5.32 Å². The lowest BCUT2D eigenvalue weighted by Crippen LogP contribution is -2.21. The third kappa shape index (κ3) is 4.68. The van der Waals surface area contributed by atoms with Gasteiger partial charge in [-0.15, -0.1) is 11.3 Å². The lowest BCUT2D eigenvalue weighted by atomic mass is 10.0. The molecule has 0 aliphatic heterocycles. The number of halogens is 1. The molecular weight excluding hydrogens is 405 g/mol. The lowest BCUT2D eigenvalue weighted by Gasteiger charge is -2.11. The van der Waals surface area contributed by atoms with Crippen LogP contribution in [0.25, 0.3) is 11.1 Å². The number of hydrogen-bond donors (Lipinski definition) is 1. The summed E-state index contributed by atoms with van der Waals surface area (Å²) in [5.74, 6) is -0.714. The number of rotatable bonds is 6. The Labute approximate surface area is 178 Å². The number of nitrogens with one attached hydrogen (secondary N) is 1. The average molecular weight is 427 g/mol. The fraction of sp³-hybridized carbons (Fsp3) is 0.217. The summed E-state index contributed by atoms with van der Waals surface area (Å²) in [5.41, 5.74) is 3.47. The first kappa shape index (κ1) is 21.5. The average Bonchev–Trinajstić information content (AvgIpc) is 3.04. The molecule has 5 nitrogen and oxygen atoms in total. The second-order valence-corrected chi connectivity index (χ2v) is 8.07. The van der Waals surface area contributed by atoms with Crippen LogP contribution in [0.3, 0.4) is 0 Å². The van der Waals surface area contributed by atoms with Crippen molar-refractivity contribution in [3.8, 4) is 16.9 Å². The Balaban J connectivity index is 1.85. The maximum absolute atomic E-state index is 13.3. The van der Waals surface area contributed by atoms with Gasteiger partial charge in [-0.2, -0.15) is 0 Å². The van der Waals surface area contributed by atoms with Crippen LogP contribution in [-0.4, -0.2) is 25.6 Å². The number of thiophene rings is 1. The number of aryl methyl sites for hydroxylation is 3. The fourth-order valence-electron chi connectivity index (χ4n) is 3.06. The largest absolute Gasteiger partial charge is 0.483 e. The van der Waals surface area contributed by atoms with Gasteiger partial charge in [0.15, 0.2) is 6.61 Å². The molecular formula is C23H22FNO4S. The summed E-state index contributed by atoms with van der Waals surface area (Å²) in [5, 5.41) is 3.12. The molecule has 0 atom stereocenters. The number of carbonyl (C=O) groups is 2. The first-order chi connectivity index (χ1) is 14.3. The maximum Gasteiger partial charge on any atom is 0.341 e. The highest BCUT2D eigenvalue weighted by Crippen LogP contribution is 2.40. The smallest absolute Gasteiger partial charge is 0.341 e. The zero-order valence-corrected chi connectivity index (χ0v) is 18.0. The molecule has 2 aromatic carbocycles. The van der Waals surface area contributed by atoms with Crippen molar-refractivity contribution in [2.45, 2.75) is 20.8 Å². The predicted octanol–water partition coefficient (Wildman–Crippen LogP) is 5.28. The van der Waals surface area contributed by atoms with Crippen LogP contribution in [0.2, 0.25) is 0 Å². The molecule has 0 aliphatic carbocycles. The minimum atomic E-state index is -0.579. The Hall–Kier alpha value is -3.19. The molecule has 3 aromatic rings. The summed E-state index contributed by atoms with van der Waals surface area (Å²) in [6, 6.07) is 11.6. The van der Waals surface area contributed by atoms with Crippen LogP contribution in [0.4, 0.5) is 9.39 Å². The summed E-state index contributed by atoms with van der Waals surface area (Å²) < 4.78 is 23.9. The van der Waals surface area contributed by atoms with Crippen LogP contribution in [0.1, 0.15) is 26.4 Å². The molecule has 0 bridgehead atoms. The van der Waals surface area contributed by atoms with E-state index in [0.717, 1.165) is 16.0 Å². The van der Waals surface area contributed by atoms with Crippen LogP contribution >= 0.6 is 11.3 Å². The monoisotopic (exact) mass is 427 g/mol. The second-order valence-electron chi connectivity index (χ2n) is 6.84. The van der Waals surface area contributed by atoms with E-state index >= 15 is 0 Å². The van der Waals surface area contributed by atoms with Gasteiger partial charge < -0.3 is 14.8 Å². The van der Waals surface area contributed by atoms with E-state index < -0.39 is 11.9 Å². The fourth-order valence-corrected chi connectivity index (χ4v) is 4.14. The van der Waals surface area contributed by atoms with Gasteiger partial charge in [0.25, 0.3) is 5.91 Å². The summed E-state index contributed by atoms with van der Waals surface area (Å²) >= 11 is 1.26. The van der Waals surface area contributed by atoms with E-state index in [0.29, 0.717) is 21.9 Å². The van der Waals surface area contributed by atoms with Gasteiger partial charge in [-0.3, -0.25) is 4.79 Å². The number of methoxy groups -OCH3 is 1. The second kappa shape index (κ2) is 9.09. The number of benzene rings is 2. The number of amides is 1. The van der Waals surface area contributed by atoms with Gasteiger partial charge in [0.05, 0.1) is 7.11 Å². The van der Waals surface area contributed by atoms with E-state index in [1.807, 2.05) is 39.0 Å². The molecule has 0 spiro atoms. The third-order valence-corrected chi connectivity index (χ3v) is 5.58. The van der Waals surface area contributed by atoms with Gasteiger partial charge in [-0.05, 0) is 55.7 Å². The molecule has 156 valence electrons. The quantitative estimate of drug-likeness (QED) is 0.544. The zero-order chi connectivity index (χ0) is 21.8. The SMILES string of the molecule is COC(=O)c1c(NC(=O)COc2cc(C)ccc2C)sc(C)c1-c1ccc(F)cc1. The van der Waals surface area contributed by atoms with Crippen LogP contribution in [0.5, 0.6) is 5.75 Å². The zero-order valence-electron chi connectivity index (χ0n) is 17.2.